The fraction of sp³-hybridized carbons (Fsp3) is 0.577. The molecular weight excluding hydrogens is 440 g/mol. The Morgan fingerprint density at radius 2 is 1.79 bits per heavy atom. The number of rotatable bonds is 1. The topological polar surface area (TPSA) is 123 Å². The molecule has 1 saturated carbocycles. The summed E-state index contributed by atoms with van der Waals surface area (Å²) in [7, 11) is 0. The molecule has 3 heterocycles. The molecule has 0 aromatic carbocycles. The molecule has 2 fully saturated rings. The molecule has 34 heavy (non-hydrogen) atoms. The van der Waals surface area contributed by atoms with E-state index in [1.54, 1.807) is 19.9 Å². The second-order valence-corrected chi connectivity index (χ2v) is 11.4. The van der Waals surface area contributed by atoms with Crippen LogP contribution in [0.3, 0.4) is 0 Å². The molecule has 1 aromatic heterocycles. The highest BCUT2D eigenvalue weighted by molar-refractivity contribution is 6.04. The lowest BCUT2D eigenvalue weighted by Gasteiger charge is -2.64. The normalized spacial score (nSPS) is 44.5. The minimum Gasteiger partial charge on any atom is -0.472 e. The van der Waals surface area contributed by atoms with Crippen molar-refractivity contribution in [1.29, 1.82) is 0 Å². The Balaban J connectivity index is 1.68. The van der Waals surface area contributed by atoms with E-state index in [1.807, 2.05) is 13.0 Å². The van der Waals surface area contributed by atoms with Crippen molar-refractivity contribution >= 4 is 17.7 Å². The number of aliphatic hydroxyl groups is 2. The Bertz CT molecular complexity index is 1220. The van der Waals surface area contributed by atoms with Crippen molar-refractivity contribution in [2.24, 2.45) is 16.7 Å². The minimum atomic E-state index is -2.47. The first-order valence-electron chi connectivity index (χ1n) is 11.7. The van der Waals surface area contributed by atoms with Gasteiger partial charge in [0, 0.05) is 28.7 Å². The summed E-state index contributed by atoms with van der Waals surface area (Å²) in [6.45, 7) is 6.81. The molecule has 6 rings (SSSR count). The fourth-order valence-corrected chi connectivity index (χ4v) is 7.78. The van der Waals surface area contributed by atoms with Crippen LogP contribution < -0.4 is 0 Å². The van der Waals surface area contributed by atoms with Crippen LogP contribution >= 0.6 is 0 Å². The summed E-state index contributed by atoms with van der Waals surface area (Å²) in [5.41, 5.74) is -6.70. The molecule has 180 valence electrons. The number of hydrogen-bond acceptors (Lipinski definition) is 8. The Morgan fingerprint density at radius 1 is 1.06 bits per heavy atom. The number of esters is 2. The molecule has 1 aromatic rings. The van der Waals surface area contributed by atoms with E-state index in [1.165, 1.54) is 19.5 Å². The summed E-state index contributed by atoms with van der Waals surface area (Å²) in [6, 6.07) is 1.74. The van der Waals surface area contributed by atoms with Gasteiger partial charge in [0.15, 0.2) is 17.0 Å². The van der Waals surface area contributed by atoms with E-state index in [2.05, 4.69) is 0 Å². The first-order valence-corrected chi connectivity index (χ1v) is 11.7. The molecule has 5 aliphatic rings. The number of carbonyl (C=O) groups is 3. The molecule has 0 bridgehead atoms. The molecule has 8 heteroatoms. The van der Waals surface area contributed by atoms with Crippen LogP contribution in [-0.4, -0.2) is 44.7 Å². The van der Waals surface area contributed by atoms with Crippen LogP contribution in [0.4, 0.5) is 0 Å². The average molecular weight is 469 g/mol. The SMILES string of the molecule is CC1(C)C(=O)[C@@]2(O)CC3=CCC[C@]4(C)C3=C(C(=O)O[C@H]4c3ccoc3)[C@@]2(O)[C@@]2(C)OC(=O)C[C@@H]12. The van der Waals surface area contributed by atoms with E-state index in [4.69, 9.17) is 13.9 Å². The molecule has 1 saturated heterocycles. The average Bonchev–Trinajstić information content (AvgIpc) is 3.40. The van der Waals surface area contributed by atoms with E-state index >= 15 is 0 Å². The lowest BCUT2D eigenvalue weighted by molar-refractivity contribution is -0.264. The van der Waals surface area contributed by atoms with Crippen LogP contribution in [0.15, 0.2) is 45.8 Å². The van der Waals surface area contributed by atoms with E-state index in [9.17, 15) is 24.6 Å². The van der Waals surface area contributed by atoms with E-state index in [0.717, 1.165) is 0 Å². The lowest BCUT2D eigenvalue weighted by atomic mass is 9.43. The van der Waals surface area contributed by atoms with Crippen molar-refractivity contribution in [3.8, 4) is 0 Å². The highest BCUT2D eigenvalue weighted by Gasteiger charge is 2.82. The monoisotopic (exact) mass is 468 g/mol. The van der Waals surface area contributed by atoms with Gasteiger partial charge in [-0.2, -0.15) is 0 Å². The van der Waals surface area contributed by atoms with Crippen LogP contribution in [0, 0.1) is 16.7 Å². The third-order valence-corrected chi connectivity index (χ3v) is 9.37. The summed E-state index contributed by atoms with van der Waals surface area (Å²) >= 11 is 0. The number of carbonyl (C=O) groups excluding carboxylic acids is 3. The Kier molecular flexibility index (Phi) is 3.91. The number of allylic oxidation sites excluding steroid dienone is 1. The van der Waals surface area contributed by atoms with Crippen LogP contribution in [0.2, 0.25) is 0 Å². The van der Waals surface area contributed by atoms with Crippen LogP contribution in [0.5, 0.6) is 0 Å². The van der Waals surface area contributed by atoms with Crippen molar-refractivity contribution in [3.05, 3.63) is 47.0 Å². The van der Waals surface area contributed by atoms with Gasteiger partial charge in [-0.1, -0.05) is 26.8 Å². The van der Waals surface area contributed by atoms with Gasteiger partial charge in [-0.25, -0.2) is 4.79 Å². The van der Waals surface area contributed by atoms with Crippen molar-refractivity contribution in [2.75, 3.05) is 0 Å². The van der Waals surface area contributed by atoms with Gasteiger partial charge < -0.3 is 24.1 Å². The zero-order valence-corrected chi connectivity index (χ0v) is 19.6. The van der Waals surface area contributed by atoms with Gasteiger partial charge in [0.2, 0.25) is 0 Å². The molecule has 0 radical (unpaired) electrons. The molecule has 0 spiro atoms. The number of cyclic esters (lactones) is 1. The van der Waals surface area contributed by atoms with Crippen molar-refractivity contribution in [2.45, 2.75) is 76.3 Å². The van der Waals surface area contributed by atoms with Gasteiger partial charge in [0.05, 0.1) is 24.5 Å². The summed E-state index contributed by atoms with van der Waals surface area (Å²) in [5, 5.41) is 24.6. The fourth-order valence-electron chi connectivity index (χ4n) is 7.78. The first-order chi connectivity index (χ1) is 15.8. The number of furan rings is 1. The van der Waals surface area contributed by atoms with Crippen LogP contribution in [0.25, 0.3) is 0 Å². The third kappa shape index (κ3) is 2.11. The smallest absolute Gasteiger partial charge is 0.338 e. The summed E-state index contributed by atoms with van der Waals surface area (Å²) in [5.74, 6) is -2.75. The second-order valence-electron chi connectivity index (χ2n) is 11.4. The van der Waals surface area contributed by atoms with Crippen molar-refractivity contribution in [3.63, 3.8) is 0 Å². The first kappa shape index (κ1) is 21.8. The third-order valence-electron chi connectivity index (χ3n) is 9.37. The summed E-state index contributed by atoms with van der Waals surface area (Å²) in [4.78, 5) is 40.2. The van der Waals surface area contributed by atoms with Crippen LogP contribution in [-0.2, 0) is 23.9 Å². The molecule has 2 aliphatic heterocycles. The van der Waals surface area contributed by atoms with E-state index < -0.39 is 57.4 Å². The highest BCUT2D eigenvalue weighted by Crippen LogP contribution is 2.68. The Hall–Kier alpha value is -2.71. The molecule has 2 N–H and O–H groups in total. The summed E-state index contributed by atoms with van der Waals surface area (Å²) in [6.07, 6.45) is 5.30. The minimum absolute atomic E-state index is 0.0943. The number of fused-ring (bicyclic) bond motifs is 4. The molecule has 0 unspecified atom stereocenters. The number of ketones is 1. The van der Waals surface area contributed by atoms with Gasteiger partial charge in [-0.3, -0.25) is 9.59 Å². The maximum absolute atomic E-state index is 13.9. The zero-order valence-electron chi connectivity index (χ0n) is 19.6. The molecule has 3 aliphatic carbocycles. The molecule has 8 nitrogen and oxygen atoms in total. The molecule has 6 atom stereocenters. The molecule has 0 amide bonds. The number of ether oxygens (including phenoxy) is 2. The maximum Gasteiger partial charge on any atom is 0.338 e. The Morgan fingerprint density at radius 3 is 2.47 bits per heavy atom. The quantitative estimate of drug-likeness (QED) is 0.603. The standard InChI is InChI=1S/C26H28O8/c1-22(2)15-10-16(27)34-24(15,4)26(31)18-17-13(11-25(26,30)21(22)29)6-5-8-23(17,3)19(33-20(18)28)14-7-9-32-12-14/h6-7,9,12,15,19,30-31H,5,8,10-11H2,1-4H3/t15-,19-,23+,24-,25-,26+/m0/s1. The molecular formula is C26H28O8. The van der Waals surface area contributed by atoms with Crippen molar-refractivity contribution < 1.29 is 38.5 Å². The largest absolute Gasteiger partial charge is 0.472 e. The highest BCUT2D eigenvalue weighted by atomic mass is 16.6. The zero-order chi connectivity index (χ0) is 24.5. The van der Waals surface area contributed by atoms with Gasteiger partial charge in [0.25, 0.3) is 0 Å². The van der Waals surface area contributed by atoms with E-state index in [-0.39, 0.29) is 18.4 Å². The number of Topliss-reactive ketones (excluding diaryl/α,β-unsaturated/α-hetero) is 1. The van der Waals surface area contributed by atoms with Crippen LogP contribution in [0.1, 0.15) is 65.0 Å². The lowest BCUT2D eigenvalue weighted by Crippen LogP contribution is -2.81. The number of hydrogen-bond donors (Lipinski definition) is 2. The van der Waals surface area contributed by atoms with Gasteiger partial charge in [0.1, 0.15) is 11.7 Å². The van der Waals surface area contributed by atoms with Crippen molar-refractivity contribution in [1.82, 2.24) is 0 Å². The van der Waals surface area contributed by atoms with E-state index in [0.29, 0.717) is 29.6 Å². The predicted molar refractivity (Wildman–Crippen MR) is 116 cm³/mol. The van der Waals surface area contributed by atoms with Gasteiger partial charge in [-0.15, -0.1) is 0 Å². The summed E-state index contributed by atoms with van der Waals surface area (Å²) < 4.78 is 16.9. The van der Waals surface area contributed by atoms with Gasteiger partial charge in [-0.05, 0) is 37.0 Å². The Labute approximate surface area is 196 Å². The second kappa shape index (κ2) is 6.10. The maximum atomic E-state index is 13.9. The van der Waals surface area contributed by atoms with Gasteiger partial charge >= 0.3 is 11.9 Å². The predicted octanol–water partition coefficient (Wildman–Crippen LogP) is 2.70.